The number of halogens is 2. The van der Waals surface area contributed by atoms with E-state index in [4.69, 9.17) is 0 Å². The van der Waals surface area contributed by atoms with Crippen molar-refractivity contribution in [2.75, 3.05) is 19.6 Å². The predicted octanol–water partition coefficient (Wildman–Crippen LogP) is 3.28. The first-order valence-corrected chi connectivity index (χ1v) is 9.28. The second-order valence-corrected chi connectivity index (χ2v) is 6.47. The minimum atomic E-state index is -0.806. The summed E-state index contributed by atoms with van der Waals surface area (Å²) in [6, 6.07) is 10.4. The lowest BCUT2D eigenvalue weighted by molar-refractivity contribution is 0.187. The lowest BCUT2D eigenvalue weighted by atomic mass is 10.1. The molecule has 0 aliphatic carbocycles. The Morgan fingerprint density at radius 1 is 1.11 bits per heavy atom. The molecule has 5 nitrogen and oxygen atoms in total. The molecule has 0 spiro atoms. The molecular weight excluding hydrogens is 362 g/mol. The molecule has 1 atom stereocenters. The van der Waals surface area contributed by atoms with E-state index in [1.54, 1.807) is 18.2 Å². The molecule has 0 bridgehead atoms. The van der Waals surface area contributed by atoms with Gasteiger partial charge < -0.3 is 20.7 Å². The Morgan fingerprint density at radius 2 is 1.86 bits per heavy atom. The molecule has 0 radical (unpaired) electrons. The third kappa shape index (κ3) is 5.07. The maximum absolute atomic E-state index is 13.3. The van der Waals surface area contributed by atoms with E-state index in [1.807, 2.05) is 13.1 Å². The molecule has 0 saturated heterocycles. The van der Waals surface area contributed by atoms with Crippen LogP contribution in [0.25, 0.3) is 10.9 Å². The van der Waals surface area contributed by atoms with Crippen molar-refractivity contribution in [2.45, 2.75) is 19.4 Å². The van der Waals surface area contributed by atoms with E-state index >= 15 is 0 Å². The number of H-pyrrole nitrogens is 1. The van der Waals surface area contributed by atoms with Crippen molar-refractivity contribution in [1.29, 1.82) is 0 Å². The fourth-order valence-corrected chi connectivity index (χ4v) is 2.99. The first-order chi connectivity index (χ1) is 13.6. The van der Waals surface area contributed by atoms with E-state index in [9.17, 15) is 13.9 Å². The van der Waals surface area contributed by atoms with Gasteiger partial charge in [-0.3, -0.25) is 4.99 Å². The van der Waals surface area contributed by atoms with Crippen LogP contribution in [0.4, 0.5) is 8.78 Å². The highest BCUT2D eigenvalue weighted by Crippen LogP contribution is 2.19. The highest BCUT2D eigenvalue weighted by Gasteiger charge is 2.08. The number of benzene rings is 2. The summed E-state index contributed by atoms with van der Waals surface area (Å²) in [5, 5.41) is 17.6. The van der Waals surface area contributed by atoms with Crippen molar-refractivity contribution in [3.05, 3.63) is 71.4 Å². The molecule has 0 aliphatic rings. The number of guanidine groups is 1. The van der Waals surface area contributed by atoms with Crippen LogP contribution >= 0.6 is 0 Å². The summed E-state index contributed by atoms with van der Waals surface area (Å²) in [4.78, 5) is 7.48. The fourth-order valence-electron chi connectivity index (χ4n) is 2.99. The van der Waals surface area contributed by atoms with Crippen molar-refractivity contribution in [3.8, 4) is 0 Å². The molecule has 1 heterocycles. The van der Waals surface area contributed by atoms with Crippen molar-refractivity contribution in [2.24, 2.45) is 4.99 Å². The van der Waals surface area contributed by atoms with E-state index in [0.29, 0.717) is 24.6 Å². The number of aromatic nitrogens is 1. The molecule has 4 N–H and O–H groups in total. The maximum atomic E-state index is 13.3. The van der Waals surface area contributed by atoms with Crippen molar-refractivity contribution in [1.82, 2.24) is 15.6 Å². The quantitative estimate of drug-likeness (QED) is 0.372. The number of aliphatic hydroxyl groups is 1. The number of fused-ring (bicyclic) bond motifs is 1. The zero-order valence-corrected chi connectivity index (χ0v) is 15.7. The lowest BCUT2D eigenvalue weighted by Crippen LogP contribution is -2.38. The smallest absolute Gasteiger partial charge is 0.191 e. The number of aliphatic hydroxyl groups excluding tert-OH is 1. The minimum absolute atomic E-state index is 0.160. The topological polar surface area (TPSA) is 72.4 Å². The first-order valence-electron chi connectivity index (χ1n) is 9.28. The number of hydrogen-bond donors (Lipinski definition) is 4. The third-order valence-electron chi connectivity index (χ3n) is 4.44. The summed E-state index contributed by atoms with van der Waals surface area (Å²) in [5.74, 6) is -0.00988. The van der Waals surface area contributed by atoms with Gasteiger partial charge in [-0.1, -0.05) is 12.1 Å². The van der Waals surface area contributed by atoms with E-state index in [2.05, 4.69) is 20.6 Å². The van der Waals surface area contributed by atoms with Gasteiger partial charge in [-0.05, 0) is 54.8 Å². The van der Waals surface area contributed by atoms with Crippen molar-refractivity contribution in [3.63, 3.8) is 0 Å². The number of nitrogens with zero attached hydrogens (tertiary/aromatic N) is 1. The predicted molar refractivity (Wildman–Crippen MR) is 107 cm³/mol. The van der Waals surface area contributed by atoms with Gasteiger partial charge in [-0.25, -0.2) is 8.78 Å². The summed E-state index contributed by atoms with van der Waals surface area (Å²) in [6.45, 7) is 3.43. The highest BCUT2D eigenvalue weighted by atomic mass is 19.1. The summed E-state index contributed by atoms with van der Waals surface area (Å²) in [5.41, 5.74) is 2.48. The Bertz CT molecular complexity index is 937. The van der Waals surface area contributed by atoms with E-state index in [-0.39, 0.29) is 18.2 Å². The molecule has 0 amide bonds. The number of aliphatic imine (C=N–C) groups is 1. The summed E-state index contributed by atoms with van der Waals surface area (Å²) in [6.07, 6.45) is 1.81. The Labute approximate surface area is 162 Å². The molecule has 148 valence electrons. The lowest BCUT2D eigenvalue weighted by Gasteiger charge is -2.13. The average Bonchev–Trinajstić information content (AvgIpc) is 3.08. The number of aromatic amines is 1. The molecule has 0 aliphatic heterocycles. The van der Waals surface area contributed by atoms with Crippen LogP contribution in [0.1, 0.15) is 24.2 Å². The molecule has 7 heteroatoms. The number of nitrogens with one attached hydrogen (secondary N) is 3. The molecule has 3 aromatic rings. The zero-order valence-electron chi connectivity index (χ0n) is 15.7. The summed E-state index contributed by atoms with van der Waals surface area (Å²) >= 11 is 0. The van der Waals surface area contributed by atoms with Crippen LogP contribution in [0.2, 0.25) is 0 Å². The van der Waals surface area contributed by atoms with Gasteiger partial charge in [-0.15, -0.1) is 0 Å². The molecular formula is C21H24F2N4O. The van der Waals surface area contributed by atoms with Gasteiger partial charge in [-0.2, -0.15) is 0 Å². The average molecular weight is 386 g/mol. The second kappa shape index (κ2) is 9.32. The van der Waals surface area contributed by atoms with Gasteiger partial charge in [0.05, 0.1) is 12.6 Å². The van der Waals surface area contributed by atoms with Gasteiger partial charge in [0.1, 0.15) is 11.6 Å². The van der Waals surface area contributed by atoms with Crippen LogP contribution in [0.5, 0.6) is 0 Å². The van der Waals surface area contributed by atoms with Crippen molar-refractivity contribution >= 4 is 16.9 Å². The molecule has 1 aromatic heterocycles. The normalized spacial score (nSPS) is 12.9. The summed E-state index contributed by atoms with van der Waals surface area (Å²) in [7, 11) is 0. The van der Waals surface area contributed by atoms with Gasteiger partial charge >= 0.3 is 0 Å². The maximum Gasteiger partial charge on any atom is 0.191 e. The van der Waals surface area contributed by atoms with Crippen LogP contribution in [-0.4, -0.2) is 35.7 Å². The SMILES string of the molecule is CCNC(=NCC(O)c1ccc(F)cc1)NCCc1c[nH]c2cc(F)ccc12. The molecule has 3 rings (SSSR count). The molecule has 28 heavy (non-hydrogen) atoms. The Kier molecular flexibility index (Phi) is 6.60. The second-order valence-electron chi connectivity index (χ2n) is 6.47. The van der Waals surface area contributed by atoms with Gasteiger partial charge in [0.2, 0.25) is 0 Å². The Hall–Kier alpha value is -2.93. The van der Waals surface area contributed by atoms with Crippen LogP contribution < -0.4 is 10.6 Å². The number of hydrogen-bond acceptors (Lipinski definition) is 2. The zero-order chi connectivity index (χ0) is 19.9. The van der Waals surface area contributed by atoms with Crippen LogP contribution in [0, 0.1) is 11.6 Å². The monoisotopic (exact) mass is 386 g/mol. The van der Waals surface area contributed by atoms with Crippen LogP contribution in [-0.2, 0) is 6.42 Å². The van der Waals surface area contributed by atoms with Crippen LogP contribution in [0.15, 0.2) is 53.7 Å². The Balaban J connectivity index is 1.57. The fraction of sp³-hybridized carbons (Fsp3) is 0.286. The largest absolute Gasteiger partial charge is 0.386 e. The molecule has 1 unspecified atom stereocenters. The van der Waals surface area contributed by atoms with Gasteiger partial charge in [0.15, 0.2) is 5.96 Å². The van der Waals surface area contributed by atoms with Crippen molar-refractivity contribution < 1.29 is 13.9 Å². The molecule has 0 saturated carbocycles. The van der Waals surface area contributed by atoms with E-state index < -0.39 is 6.10 Å². The molecule has 0 fully saturated rings. The minimum Gasteiger partial charge on any atom is -0.386 e. The van der Waals surface area contributed by atoms with Gasteiger partial charge in [0, 0.05) is 30.2 Å². The highest BCUT2D eigenvalue weighted by molar-refractivity contribution is 5.83. The Morgan fingerprint density at radius 3 is 2.61 bits per heavy atom. The molecule has 2 aromatic carbocycles. The van der Waals surface area contributed by atoms with E-state index in [0.717, 1.165) is 22.9 Å². The van der Waals surface area contributed by atoms with E-state index in [1.165, 1.54) is 24.3 Å². The van der Waals surface area contributed by atoms with Gasteiger partial charge in [0.25, 0.3) is 0 Å². The third-order valence-corrected chi connectivity index (χ3v) is 4.44. The first kappa shape index (κ1) is 19.8. The number of rotatable bonds is 7. The summed E-state index contributed by atoms with van der Waals surface area (Å²) < 4.78 is 26.3. The standard InChI is InChI=1S/C21H24F2N4O/c1-2-24-21(27-13-20(28)14-3-5-16(22)6-4-14)25-10-9-15-12-26-19-11-17(23)7-8-18(15)19/h3-8,11-12,20,26,28H,2,9-10,13H2,1H3,(H2,24,25,27). The van der Waals surface area contributed by atoms with Crippen LogP contribution in [0.3, 0.4) is 0 Å².